The summed E-state index contributed by atoms with van der Waals surface area (Å²) in [7, 11) is -4.71. The van der Waals surface area contributed by atoms with E-state index in [1.165, 1.54) is 6.92 Å². The molecule has 0 aromatic carbocycles. The van der Waals surface area contributed by atoms with E-state index < -0.39 is 56.2 Å². The maximum absolute atomic E-state index is 14.2. The number of carbonyl (C=O) groups is 4. The number of fused-ring (bicyclic) bond motifs is 4. The van der Waals surface area contributed by atoms with Gasteiger partial charge < -0.3 is 10.2 Å². The second kappa shape index (κ2) is 10.1. The summed E-state index contributed by atoms with van der Waals surface area (Å²) in [4.78, 5) is 52.1. The first-order valence-electron chi connectivity index (χ1n) is 14.5. The number of allylic oxidation sites excluding steroid dienone is 1. The maximum atomic E-state index is 14.2. The number of aliphatic hydroxyl groups excluding tert-OH is 1. The molecule has 2 saturated carbocycles. The molecule has 230 valence electrons. The average Bonchev–Trinajstić information content (AvgIpc) is 3.02. The fraction of sp³-hybridized carbons (Fsp3) is 0.800. The van der Waals surface area contributed by atoms with E-state index >= 15 is 0 Å². The van der Waals surface area contributed by atoms with Gasteiger partial charge in [0.2, 0.25) is 0 Å². The largest absolute Gasteiger partial charge is 0.481 e. The summed E-state index contributed by atoms with van der Waals surface area (Å²) in [5, 5.41) is 20.9. The van der Waals surface area contributed by atoms with Crippen molar-refractivity contribution in [2.75, 3.05) is 0 Å². The SMILES string of the molecule is CC(CC(=O)CC(C)[C@H]1CC(=O)[C@@]2(C)C3=C(C(=O)C[C@]12C)[C@@]1(C)CCC(OS(=O)(=O)O)C(C)(C)[C@@H]1C[C@@H]3O)C(=O)O. The molecule has 11 heteroatoms. The zero-order valence-electron chi connectivity index (χ0n) is 25.0. The van der Waals surface area contributed by atoms with Crippen LogP contribution in [0.2, 0.25) is 0 Å². The minimum atomic E-state index is -4.71. The van der Waals surface area contributed by atoms with Gasteiger partial charge in [-0.15, -0.1) is 0 Å². The molecule has 0 bridgehead atoms. The third-order valence-electron chi connectivity index (χ3n) is 11.8. The van der Waals surface area contributed by atoms with Crippen LogP contribution in [0.4, 0.5) is 0 Å². The predicted molar refractivity (Wildman–Crippen MR) is 148 cm³/mol. The van der Waals surface area contributed by atoms with Crippen LogP contribution in [0.1, 0.15) is 93.4 Å². The highest BCUT2D eigenvalue weighted by Gasteiger charge is 2.70. The predicted octanol–water partition coefficient (Wildman–Crippen LogP) is 3.96. The average molecular weight is 597 g/mol. The van der Waals surface area contributed by atoms with Crippen molar-refractivity contribution in [2.24, 2.45) is 45.3 Å². The molecule has 4 rings (SSSR count). The Morgan fingerprint density at radius 1 is 1.07 bits per heavy atom. The molecule has 0 amide bonds. The number of carboxylic acids is 1. The van der Waals surface area contributed by atoms with Crippen molar-refractivity contribution in [3.63, 3.8) is 0 Å². The fourth-order valence-corrected chi connectivity index (χ4v) is 10.1. The quantitative estimate of drug-likeness (QED) is 0.348. The van der Waals surface area contributed by atoms with E-state index in [1.807, 2.05) is 41.5 Å². The van der Waals surface area contributed by atoms with Crippen LogP contribution in [-0.4, -0.2) is 58.7 Å². The number of carboxylic acid groups (broad SMARTS) is 1. The third-order valence-corrected chi connectivity index (χ3v) is 12.2. The first-order chi connectivity index (χ1) is 18.6. The minimum absolute atomic E-state index is 0.0726. The summed E-state index contributed by atoms with van der Waals surface area (Å²) in [6.45, 7) is 12.7. The highest BCUT2D eigenvalue weighted by Crippen LogP contribution is 2.70. The molecule has 4 aliphatic rings. The second-order valence-corrected chi connectivity index (χ2v) is 15.5. The minimum Gasteiger partial charge on any atom is -0.481 e. The molecule has 4 aliphatic carbocycles. The molecule has 0 aromatic heterocycles. The number of carbonyl (C=O) groups excluding carboxylic acids is 3. The van der Waals surface area contributed by atoms with E-state index in [0.29, 0.717) is 17.6 Å². The molecule has 0 heterocycles. The van der Waals surface area contributed by atoms with Crippen LogP contribution in [0.5, 0.6) is 0 Å². The molecule has 0 saturated heterocycles. The van der Waals surface area contributed by atoms with Crippen LogP contribution >= 0.6 is 0 Å². The highest BCUT2D eigenvalue weighted by atomic mass is 32.3. The lowest BCUT2D eigenvalue weighted by molar-refractivity contribution is -0.143. The number of aliphatic hydroxyl groups is 1. The Balaban J connectivity index is 1.74. The fourth-order valence-electron chi connectivity index (χ4n) is 9.42. The van der Waals surface area contributed by atoms with E-state index in [9.17, 15) is 42.4 Å². The Morgan fingerprint density at radius 3 is 2.24 bits per heavy atom. The maximum Gasteiger partial charge on any atom is 0.397 e. The number of aliphatic carboxylic acids is 1. The van der Waals surface area contributed by atoms with Crippen molar-refractivity contribution in [3.8, 4) is 0 Å². The van der Waals surface area contributed by atoms with Gasteiger partial charge in [0, 0.05) is 31.3 Å². The van der Waals surface area contributed by atoms with Gasteiger partial charge in [0.15, 0.2) is 5.78 Å². The monoisotopic (exact) mass is 596 g/mol. The zero-order valence-corrected chi connectivity index (χ0v) is 25.8. The van der Waals surface area contributed by atoms with Gasteiger partial charge in [-0.1, -0.05) is 41.5 Å². The van der Waals surface area contributed by atoms with Crippen LogP contribution in [-0.2, 0) is 33.8 Å². The summed E-state index contributed by atoms with van der Waals surface area (Å²) in [6.07, 6.45) is -0.877. The van der Waals surface area contributed by atoms with Gasteiger partial charge in [0.1, 0.15) is 11.6 Å². The van der Waals surface area contributed by atoms with Gasteiger partial charge in [0.25, 0.3) is 0 Å². The molecule has 3 unspecified atom stereocenters. The van der Waals surface area contributed by atoms with Gasteiger partial charge in [-0.2, -0.15) is 8.42 Å². The van der Waals surface area contributed by atoms with Crippen molar-refractivity contribution in [1.29, 1.82) is 0 Å². The molecule has 0 aromatic rings. The van der Waals surface area contributed by atoms with E-state index in [0.717, 1.165) is 0 Å². The Hall–Kier alpha value is -1.95. The number of hydrogen-bond acceptors (Lipinski definition) is 8. The van der Waals surface area contributed by atoms with Gasteiger partial charge in [-0.05, 0) is 65.8 Å². The van der Waals surface area contributed by atoms with Crippen LogP contribution in [0.15, 0.2) is 11.1 Å². The van der Waals surface area contributed by atoms with Crippen molar-refractivity contribution < 1.29 is 46.5 Å². The molecule has 41 heavy (non-hydrogen) atoms. The Kier molecular flexibility index (Phi) is 7.85. The topological polar surface area (TPSA) is 172 Å². The van der Waals surface area contributed by atoms with Crippen molar-refractivity contribution >= 4 is 33.7 Å². The first-order valence-corrected chi connectivity index (χ1v) is 15.9. The van der Waals surface area contributed by atoms with E-state index in [2.05, 4.69) is 0 Å². The summed E-state index contributed by atoms with van der Waals surface area (Å²) >= 11 is 0. The summed E-state index contributed by atoms with van der Waals surface area (Å²) in [5.41, 5.74) is -2.62. The number of hydrogen-bond donors (Lipinski definition) is 3. The third kappa shape index (κ3) is 4.84. The molecular weight excluding hydrogens is 552 g/mol. The van der Waals surface area contributed by atoms with Gasteiger partial charge in [-0.25, -0.2) is 4.18 Å². The molecule has 0 radical (unpaired) electrons. The lowest BCUT2D eigenvalue weighted by Gasteiger charge is -2.61. The molecule has 10 nitrogen and oxygen atoms in total. The van der Waals surface area contributed by atoms with Crippen LogP contribution in [0.25, 0.3) is 0 Å². The first kappa shape index (κ1) is 32.0. The van der Waals surface area contributed by atoms with Crippen LogP contribution in [0.3, 0.4) is 0 Å². The smallest absolute Gasteiger partial charge is 0.397 e. The molecular formula is C30H44O10S. The van der Waals surface area contributed by atoms with Gasteiger partial charge in [0.05, 0.1) is 23.5 Å². The standard InChI is InChI=1S/C30H44O10S/c1-15(10-17(31)11-16(2)26(35)36)18-12-22(34)30(7)25-19(32)13-21-27(3,4)23(40-41(37,38)39)8-9-28(21,5)24(25)20(33)14-29(18,30)6/h15-16,18-19,21,23,32H,8-14H2,1-7H3,(H,35,36)(H,37,38,39)/t15?,16?,18-,19+,21+,23?,28+,29-,30+/m1/s1. The molecule has 0 spiro atoms. The summed E-state index contributed by atoms with van der Waals surface area (Å²) in [5.74, 6) is -3.21. The lowest BCUT2D eigenvalue weighted by atomic mass is 9.42. The molecule has 9 atom stereocenters. The lowest BCUT2D eigenvalue weighted by Crippen LogP contribution is -2.61. The van der Waals surface area contributed by atoms with Crippen molar-refractivity contribution in [3.05, 3.63) is 11.1 Å². The van der Waals surface area contributed by atoms with Crippen molar-refractivity contribution in [2.45, 2.75) is 106 Å². The highest BCUT2D eigenvalue weighted by molar-refractivity contribution is 7.80. The van der Waals surface area contributed by atoms with Crippen LogP contribution in [0, 0.1) is 45.3 Å². The van der Waals surface area contributed by atoms with E-state index in [-0.39, 0.29) is 73.6 Å². The number of ketones is 3. The van der Waals surface area contributed by atoms with Gasteiger partial charge >= 0.3 is 16.4 Å². The number of rotatable bonds is 8. The summed E-state index contributed by atoms with van der Waals surface area (Å²) < 4.78 is 37.6. The number of Topliss-reactive ketones (excluding diaryl/α,β-unsaturated/α-hetero) is 3. The molecule has 3 N–H and O–H groups in total. The van der Waals surface area contributed by atoms with E-state index in [4.69, 9.17) is 4.18 Å². The molecule has 0 aliphatic heterocycles. The Bertz CT molecular complexity index is 1310. The Labute approximate surface area is 242 Å². The molecule has 2 fully saturated rings. The van der Waals surface area contributed by atoms with Crippen molar-refractivity contribution in [1.82, 2.24) is 0 Å². The van der Waals surface area contributed by atoms with Gasteiger partial charge in [-0.3, -0.25) is 23.7 Å². The second-order valence-electron chi connectivity index (χ2n) is 14.4. The zero-order chi connectivity index (χ0) is 31.1. The Morgan fingerprint density at radius 2 is 1.68 bits per heavy atom. The van der Waals surface area contributed by atoms with E-state index in [1.54, 1.807) is 0 Å². The normalized spacial score (nSPS) is 39.9. The summed E-state index contributed by atoms with van der Waals surface area (Å²) in [6, 6.07) is 0. The van der Waals surface area contributed by atoms with Crippen LogP contribution < -0.4 is 0 Å².